The van der Waals surface area contributed by atoms with Gasteiger partial charge in [-0.05, 0) is 49.8 Å². The highest BCUT2D eigenvalue weighted by molar-refractivity contribution is 6.32. The van der Waals surface area contributed by atoms with Crippen LogP contribution in [0.2, 0.25) is 5.02 Å². The number of rotatable bonds is 5. The molecule has 0 saturated heterocycles. The molecule has 7 heteroatoms. The quantitative estimate of drug-likeness (QED) is 0.477. The molecule has 0 bridgehead atoms. The molecule has 0 radical (unpaired) electrons. The highest BCUT2D eigenvalue weighted by Crippen LogP contribution is 2.35. The third-order valence-electron chi connectivity index (χ3n) is 6.28. The summed E-state index contributed by atoms with van der Waals surface area (Å²) in [5.41, 5.74) is 6.42. The smallest absolute Gasteiger partial charge is 0.237 e. The van der Waals surface area contributed by atoms with Crippen LogP contribution in [-0.2, 0) is 24.2 Å². The number of aromatic amines is 1. The number of fused-ring (bicyclic) bond motifs is 5. The molecule has 0 spiro atoms. The summed E-state index contributed by atoms with van der Waals surface area (Å²) >= 11 is 6.39. The van der Waals surface area contributed by atoms with Gasteiger partial charge in [-0.25, -0.2) is 0 Å². The van der Waals surface area contributed by atoms with Crippen molar-refractivity contribution in [2.45, 2.75) is 19.4 Å². The lowest BCUT2D eigenvalue weighted by molar-refractivity contribution is -0.132. The van der Waals surface area contributed by atoms with Crippen LogP contribution >= 0.6 is 11.6 Å². The fraction of sp³-hybridized carbons (Fsp3) is 0.308. The molecule has 1 aliphatic heterocycles. The topological polar surface area (TPSA) is 61.5 Å². The zero-order chi connectivity index (χ0) is 23.1. The van der Waals surface area contributed by atoms with E-state index in [-0.39, 0.29) is 5.91 Å². The lowest BCUT2D eigenvalue weighted by atomic mass is 9.96. The van der Waals surface area contributed by atoms with Gasteiger partial charge in [0.15, 0.2) is 0 Å². The van der Waals surface area contributed by atoms with Gasteiger partial charge in [0.2, 0.25) is 5.91 Å². The van der Waals surface area contributed by atoms with Gasteiger partial charge in [0.05, 0.1) is 42.1 Å². The van der Waals surface area contributed by atoms with Crippen molar-refractivity contribution in [2.75, 3.05) is 34.3 Å². The van der Waals surface area contributed by atoms with Crippen LogP contribution in [0.3, 0.4) is 0 Å². The van der Waals surface area contributed by atoms with Gasteiger partial charge in [0.1, 0.15) is 5.75 Å². The molecule has 3 heterocycles. The normalized spacial score (nSPS) is 13.7. The maximum absolute atomic E-state index is 12.7. The molecule has 0 aliphatic carbocycles. The first-order valence-corrected chi connectivity index (χ1v) is 11.5. The van der Waals surface area contributed by atoms with Gasteiger partial charge < -0.3 is 19.5 Å². The van der Waals surface area contributed by atoms with E-state index in [2.05, 4.69) is 23.2 Å². The second kappa shape index (κ2) is 8.69. The first-order chi connectivity index (χ1) is 15.9. The lowest BCUT2D eigenvalue weighted by Gasteiger charge is -2.30. The van der Waals surface area contributed by atoms with Crippen molar-refractivity contribution in [3.8, 4) is 5.75 Å². The number of methoxy groups -OCH3 is 1. The Bertz CT molecular complexity index is 1360. The van der Waals surface area contributed by atoms with Crippen molar-refractivity contribution < 1.29 is 9.53 Å². The molecule has 0 saturated carbocycles. The number of hydrogen-bond acceptors (Lipinski definition) is 4. The van der Waals surface area contributed by atoms with Crippen molar-refractivity contribution in [3.63, 3.8) is 0 Å². The van der Waals surface area contributed by atoms with Gasteiger partial charge in [0, 0.05) is 29.3 Å². The summed E-state index contributed by atoms with van der Waals surface area (Å²) in [5.74, 6) is 0.791. The summed E-state index contributed by atoms with van der Waals surface area (Å²) in [6.45, 7) is 1.65. The van der Waals surface area contributed by atoms with Crippen molar-refractivity contribution in [1.82, 2.24) is 19.8 Å². The fourth-order valence-electron chi connectivity index (χ4n) is 4.73. The molecule has 170 valence electrons. The second-order valence-corrected chi connectivity index (χ2v) is 9.26. The zero-order valence-corrected chi connectivity index (χ0v) is 19.9. The number of carbonyl (C=O) groups excluding carboxylic acids is 1. The van der Waals surface area contributed by atoms with Gasteiger partial charge in [-0.3, -0.25) is 9.78 Å². The summed E-state index contributed by atoms with van der Waals surface area (Å²) in [6, 6.07) is 14.2. The van der Waals surface area contributed by atoms with Crippen LogP contribution in [0.1, 0.15) is 22.5 Å². The average molecular weight is 463 g/mol. The highest BCUT2D eigenvalue weighted by atomic mass is 35.5. The van der Waals surface area contributed by atoms with Gasteiger partial charge in [-0.2, -0.15) is 0 Å². The summed E-state index contributed by atoms with van der Waals surface area (Å²) in [4.78, 5) is 25.3. The largest absolute Gasteiger partial charge is 0.495 e. The van der Waals surface area contributed by atoms with Crippen LogP contribution in [0.5, 0.6) is 5.75 Å². The van der Waals surface area contributed by atoms with Crippen LogP contribution in [0.25, 0.3) is 21.8 Å². The maximum Gasteiger partial charge on any atom is 0.237 e. The minimum Gasteiger partial charge on any atom is -0.495 e. The number of likely N-dealkylation sites (N-methyl/N-ethyl adjacent to an activating group) is 1. The van der Waals surface area contributed by atoms with E-state index in [0.29, 0.717) is 36.8 Å². The molecule has 1 N–H and O–H groups in total. The summed E-state index contributed by atoms with van der Waals surface area (Å²) in [6.07, 6.45) is 1.43. The van der Waals surface area contributed by atoms with Gasteiger partial charge in [0.25, 0.3) is 0 Å². The maximum atomic E-state index is 12.7. The number of benzene rings is 2. The van der Waals surface area contributed by atoms with E-state index >= 15 is 0 Å². The lowest BCUT2D eigenvalue weighted by Crippen LogP contribution is -2.41. The molecule has 2 aromatic heterocycles. The number of amides is 1. The molecule has 0 atom stereocenters. The Labute approximate surface area is 198 Å². The number of halogens is 1. The van der Waals surface area contributed by atoms with Crippen molar-refractivity contribution in [3.05, 3.63) is 70.0 Å². The Kier molecular flexibility index (Phi) is 5.72. The monoisotopic (exact) mass is 462 g/mol. The number of ether oxygens (including phenoxy) is 1. The number of nitrogens with one attached hydrogen (secondary N) is 1. The van der Waals surface area contributed by atoms with E-state index in [4.69, 9.17) is 21.3 Å². The van der Waals surface area contributed by atoms with Crippen molar-refractivity contribution >= 4 is 39.3 Å². The molecule has 0 fully saturated rings. The van der Waals surface area contributed by atoms with Crippen LogP contribution in [0.15, 0.2) is 42.5 Å². The number of H-pyrrole nitrogens is 1. The number of carbonyl (C=O) groups is 1. The molecule has 5 rings (SSSR count). The SMILES string of the molecule is COc1ccc(Cc2nc3c(c4c2[nH]c2ccccc24)CCN(C(=O)CN(C)C)C3)cc1Cl. The van der Waals surface area contributed by atoms with E-state index in [1.165, 1.54) is 16.3 Å². The van der Waals surface area contributed by atoms with Crippen LogP contribution in [0.4, 0.5) is 0 Å². The number of hydrogen-bond donors (Lipinski definition) is 1. The molecule has 0 unspecified atom stereocenters. The Balaban J connectivity index is 1.62. The first-order valence-electron chi connectivity index (χ1n) is 11.1. The van der Waals surface area contributed by atoms with Crippen LogP contribution in [-0.4, -0.2) is 60.0 Å². The molecular formula is C26H27ClN4O2. The molecule has 33 heavy (non-hydrogen) atoms. The molecule has 2 aromatic carbocycles. The van der Waals surface area contributed by atoms with E-state index in [1.54, 1.807) is 7.11 Å². The fourth-order valence-corrected chi connectivity index (χ4v) is 5.01. The Morgan fingerprint density at radius 3 is 2.82 bits per heavy atom. The van der Waals surface area contributed by atoms with Gasteiger partial charge >= 0.3 is 0 Å². The summed E-state index contributed by atoms with van der Waals surface area (Å²) < 4.78 is 5.30. The van der Waals surface area contributed by atoms with E-state index < -0.39 is 0 Å². The average Bonchev–Trinajstić information content (AvgIpc) is 3.19. The summed E-state index contributed by atoms with van der Waals surface area (Å²) in [5, 5.41) is 3.01. The molecule has 1 aliphatic rings. The summed E-state index contributed by atoms with van der Waals surface area (Å²) in [7, 11) is 5.45. The third kappa shape index (κ3) is 4.05. The molecule has 4 aromatic rings. The highest BCUT2D eigenvalue weighted by Gasteiger charge is 2.26. The second-order valence-electron chi connectivity index (χ2n) is 8.85. The number of pyridine rings is 1. The number of aromatic nitrogens is 2. The van der Waals surface area contributed by atoms with Crippen LogP contribution < -0.4 is 4.74 Å². The Hall–Kier alpha value is -3.09. The zero-order valence-electron chi connectivity index (χ0n) is 19.1. The van der Waals surface area contributed by atoms with E-state index in [1.807, 2.05) is 48.2 Å². The predicted octanol–water partition coefficient (Wildman–Crippen LogP) is 4.42. The van der Waals surface area contributed by atoms with Crippen molar-refractivity contribution in [2.24, 2.45) is 0 Å². The minimum atomic E-state index is 0.134. The van der Waals surface area contributed by atoms with Crippen LogP contribution in [0, 0.1) is 0 Å². The standard InChI is InChI=1S/C26H27ClN4O2/c1-30(2)15-24(32)31-11-10-18-22(14-31)28-21(13-16-8-9-23(33-3)19(27)12-16)26-25(18)17-6-4-5-7-20(17)29-26/h4-9,12,29H,10-11,13-15H2,1-3H3. The molecular weight excluding hydrogens is 436 g/mol. The number of para-hydroxylation sites is 1. The van der Waals surface area contributed by atoms with E-state index in [9.17, 15) is 4.79 Å². The Morgan fingerprint density at radius 2 is 2.06 bits per heavy atom. The molecule has 6 nitrogen and oxygen atoms in total. The third-order valence-corrected chi connectivity index (χ3v) is 6.57. The minimum absolute atomic E-state index is 0.134. The molecule has 1 amide bonds. The van der Waals surface area contributed by atoms with Crippen molar-refractivity contribution in [1.29, 1.82) is 0 Å². The number of nitrogens with zero attached hydrogens (tertiary/aromatic N) is 3. The van der Waals surface area contributed by atoms with Gasteiger partial charge in [-0.1, -0.05) is 35.9 Å². The Morgan fingerprint density at radius 1 is 1.24 bits per heavy atom. The van der Waals surface area contributed by atoms with Gasteiger partial charge in [-0.15, -0.1) is 0 Å². The first kappa shape index (κ1) is 21.7. The predicted molar refractivity (Wildman–Crippen MR) is 132 cm³/mol. The van der Waals surface area contributed by atoms with E-state index in [0.717, 1.165) is 34.4 Å².